The Morgan fingerprint density at radius 3 is 2.79 bits per heavy atom. The molecule has 1 aliphatic rings. The number of nitrogens with two attached hydrogens (primary N) is 1. The van der Waals surface area contributed by atoms with Crippen molar-refractivity contribution in [1.82, 2.24) is 4.90 Å². The number of carbonyl (C=O) groups is 1. The number of rotatable bonds is 2. The van der Waals surface area contributed by atoms with E-state index in [9.17, 15) is 4.79 Å². The van der Waals surface area contributed by atoms with Crippen LogP contribution in [0.5, 0.6) is 0 Å². The molecule has 6 heteroatoms. The molecule has 0 spiro atoms. The second-order valence-electron chi connectivity index (χ2n) is 2.86. The fourth-order valence-corrected chi connectivity index (χ4v) is 2.09. The monoisotopic (exact) mass is 235 g/mol. The summed E-state index contributed by atoms with van der Waals surface area (Å²) < 4.78 is 0. The van der Waals surface area contributed by atoms with Gasteiger partial charge in [-0.25, -0.2) is 0 Å². The zero-order valence-electron chi connectivity index (χ0n) is 8.14. The van der Waals surface area contributed by atoms with Crippen LogP contribution in [0.4, 0.5) is 0 Å². The maximum absolute atomic E-state index is 11.6. The summed E-state index contributed by atoms with van der Waals surface area (Å²) in [5.41, 5.74) is 0. The number of thioether (sulfide) groups is 1. The number of amides is 1. The van der Waals surface area contributed by atoms with Gasteiger partial charge >= 0.3 is 0 Å². The van der Waals surface area contributed by atoms with Crippen LogP contribution in [0, 0.1) is 0 Å². The van der Waals surface area contributed by atoms with Crippen LogP contribution in [0.15, 0.2) is 17.8 Å². The number of amidine groups is 1. The number of carbonyl (C=O) groups excluding carboxylic acids is 1. The molecular weight excluding hydrogens is 222 g/mol. The fraction of sp³-hybridized carbons (Fsp3) is 0.500. The average molecular weight is 236 g/mol. The van der Waals surface area contributed by atoms with Gasteiger partial charge in [-0.05, 0) is 13.8 Å². The van der Waals surface area contributed by atoms with E-state index in [1.807, 2.05) is 13.8 Å². The predicted octanol–water partition coefficient (Wildman–Crippen LogP) is 1.18. The number of nitrogens with zero attached hydrogens (tertiary/aromatic N) is 2. The zero-order chi connectivity index (χ0) is 10.0. The Kier molecular flexibility index (Phi) is 5.01. The van der Waals surface area contributed by atoms with Crippen molar-refractivity contribution in [3.05, 3.63) is 12.7 Å². The second-order valence-corrected chi connectivity index (χ2v) is 4.16. The Morgan fingerprint density at radius 2 is 2.36 bits per heavy atom. The molecule has 1 amide bonds. The summed E-state index contributed by atoms with van der Waals surface area (Å²) in [5, 5.41) is 4.06. The molecule has 0 saturated carbocycles. The SMILES string of the molecule is C=CC(C)N1C(=O)C(C)SC1=NN.Cl. The maximum atomic E-state index is 11.6. The molecule has 80 valence electrons. The first-order chi connectivity index (χ1) is 6.11. The summed E-state index contributed by atoms with van der Waals surface area (Å²) in [4.78, 5) is 13.2. The molecule has 14 heavy (non-hydrogen) atoms. The normalized spacial score (nSPS) is 26.1. The van der Waals surface area contributed by atoms with Gasteiger partial charge in [0.25, 0.3) is 0 Å². The summed E-state index contributed by atoms with van der Waals surface area (Å²) >= 11 is 1.38. The van der Waals surface area contributed by atoms with E-state index >= 15 is 0 Å². The topological polar surface area (TPSA) is 58.7 Å². The van der Waals surface area contributed by atoms with Crippen molar-refractivity contribution < 1.29 is 4.79 Å². The molecule has 1 saturated heterocycles. The van der Waals surface area contributed by atoms with Gasteiger partial charge in [0.1, 0.15) is 0 Å². The highest BCUT2D eigenvalue weighted by atomic mass is 35.5. The van der Waals surface area contributed by atoms with Gasteiger partial charge in [0.15, 0.2) is 5.17 Å². The van der Waals surface area contributed by atoms with Crippen molar-refractivity contribution >= 4 is 35.2 Å². The Labute approximate surface area is 94.0 Å². The second kappa shape index (κ2) is 5.26. The Bertz CT molecular complexity index is 269. The molecule has 1 rings (SSSR count). The van der Waals surface area contributed by atoms with Crippen LogP contribution in [0.3, 0.4) is 0 Å². The number of hydrogen-bond acceptors (Lipinski definition) is 4. The third-order valence-electron chi connectivity index (χ3n) is 1.93. The first-order valence-electron chi connectivity index (χ1n) is 4.02. The number of halogens is 1. The van der Waals surface area contributed by atoms with E-state index in [2.05, 4.69) is 11.7 Å². The standard InChI is InChI=1S/C8H13N3OS.ClH/c1-4-5(2)11-7(12)6(3)13-8(11)10-9;/h4-6H,1,9H2,2-3H3;1H. The van der Waals surface area contributed by atoms with Gasteiger partial charge in [0.05, 0.1) is 11.3 Å². The quantitative estimate of drug-likeness (QED) is 0.444. The van der Waals surface area contributed by atoms with Gasteiger partial charge in [-0.1, -0.05) is 17.8 Å². The van der Waals surface area contributed by atoms with Crippen molar-refractivity contribution in [2.45, 2.75) is 25.1 Å². The average Bonchev–Trinajstić information content (AvgIpc) is 2.42. The summed E-state index contributed by atoms with van der Waals surface area (Å²) in [6.07, 6.45) is 1.70. The molecule has 0 aromatic rings. The third kappa shape index (κ3) is 2.22. The van der Waals surface area contributed by atoms with Gasteiger partial charge in [-0.2, -0.15) is 5.10 Å². The van der Waals surface area contributed by atoms with Crippen LogP contribution in [-0.4, -0.2) is 27.3 Å². The van der Waals surface area contributed by atoms with Crippen LogP contribution >= 0.6 is 24.2 Å². The molecule has 0 aromatic heterocycles. The third-order valence-corrected chi connectivity index (χ3v) is 3.00. The van der Waals surface area contributed by atoms with Crippen molar-refractivity contribution in [2.24, 2.45) is 10.9 Å². The summed E-state index contributed by atoms with van der Waals surface area (Å²) in [6.45, 7) is 7.36. The largest absolute Gasteiger partial charge is 0.321 e. The summed E-state index contributed by atoms with van der Waals surface area (Å²) in [7, 11) is 0. The van der Waals surface area contributed by atoms with Gasteiger partial charge in [0, 0.05) is 0 Å². The lowest BCUT2D eigenvalue weighted by Gasteiger charge is -2.20. The van der Waals surface area contributed by atoms with Crippen molar-refractivity contribution in [3.63, 3.8) is 0 Å². The highest BCUT2D eigenvalue weighted by molar-refractivity contribution is 8.15. The van der Waals surface area contributed by atoms with Gasteiger partial charge in [-0.15, -0.1) is 19.0 Å². The van der Waals surface area contributed by atoms with Crippen LogP contribution < -0.4 is 5.84 Å². The highest BCUT2D eigenvalue weighted by Crippen LogP contribution is 2.28. The van der Waals surface area contributed by atoms with Gasteiger partial charge in [0.2, 0.25) is 5.91 Å². The zero-order valence-corrected chi connectivity index (χ0v) is 9.77. The van der Waals surface area contributed by atoms with E-state index in [0.29, 0.717) is 5.17 Å². The number of hydrogen-bond donors (Lipinski definition) is 1. The Morgan fingerprint density at radius 1 is 1.79 bits per heavy atom. The summed E-state index contributed by atoms with van der Waals surface area (Å²) in [6, 6.07) is -0.0488. The molecule has 1 heterocycles. The van der Waals surface area contributed by atoms with E-state index in [-0.39, 0.29) is 29.6 Å². The fourth-order valence-electron chi connectivity index (χ4n) is 1.13. The molecule has 2 unspecified atom stereocenters. The molecule has 0 aliphatic carbocycles. The van der Waals surface area contributed by atoms with E-state index in [4.69, 9.17) is 5.84 Å². The smallest absolute Gasteiger partial charge is 0.242 e. The lowest BCUT2D eigenvalue weighted by Crippen LogP contribution is -2.38. The first kappa shape index (κ1) is 13.3. The van der Waals surface area contributed by atoms with Gasteiger partial charge < -0.3 is 5.84 Å². The molecular formula is C8H14ClN3OS. The van der Waals surface area contributed by atoms with Crippen molar-refractivity contribution in [3.8, 4) is 0 Å². The van der Waals surface area contributed by atoms with Crippen molar-refractivity contribution in [1.29, 1.82) is 0 Å². The van der Waals surface area contributed by atoms with E-state index < -0.39 is 0 Å². The highest BCUT2D eigenvalue weighted by Gasteiger charge is 2.36. The lowest BCUT2D eigenvalue weighted by atomic mass is 10.3. The van der Waals surface area contributed by atoms with E-state index in [0.717, 1.165) is 0 Å². The maximum Gasteiger partial charge on any atom is 0.242 e. The molecule has 2 atom stereocenters. The van der Waals surface area contributed by atoms with Gasteiger partial charge in [-0.3, -0.25) is 9.69 Å². The van der Waals surface area contributed by atoms with E-state index in [1.165, 1.54) is 11.8 Å². The molecule has 1 fully saturated rings. The number of hydrazone groups is 1. The Balaban J connectivity index is 0.00000169. The summed E-state index contributed by atoms with van der Waals surface area (Å²) in [5.74, 6) is 5.22. The Hall–Kier alpha value is -0.680. The lowest BCUT2D eigenvalue weighted by molar-refractivity contribution is -0.126. The van der Waals surface area contributed by atoms with Crippen molar-refractivity contribution in [2.75, 3.05) is 0 Å². The van der Waals surface area contributed by atoms with E-state index in [1.54, 1.807) is 11.0 Å². The first-order valence-corrected chi connectivity index (χ1v) is 4.90. The molecule has 1 aliphatic heterocycles. The molecule has 4 nitrogen and oxygen atoms in total. The molecule has 0 aromatic carbocycles. The molecule has 0 bridgehead atoms. The minimum Gasteiger partial charge on any atom is -0.321 e. The van der Waals surface area contributed by atoms with Crippen LogP contribution in [0.1, 0.15) is 13.8 Å². The predicted molar refractivity (Wildman–Crippen MR) is 62.4 cm³/mol. The van der Waals surface area contributed by atoms with Crippen LogP contribution in [0.25, 0.3) is 0 Å². The van der Waals surface area contributed by atoms with Crippen LogP contribution in [0.2, 0.25) is 0 Å². The minimum absolute atomic E-state index is 0. The molecule has 0 radical (unpaired) electrons. The molecule has 2 N–H and O–H groups in total. The van der Waals surface area contributed by atoms with Crippen LogP contribution in [-0.2, 0) is 4.79 Å². The minimum atomic E-state index is -0.0929.